The molecule has 0 aromatic heterocycles. The Labute approximate surface area is 135 Å². The normalized spacial score (nSPS) is 16.1. The number of guanidine groups is 1. The number of ether oxygens (including phenoxy) is 1. The van der Waals surface area contributed by atoms with Gasteiger partial charge in [0.15, 0.2) is 5.96 Å². The number of morpholine rings is 1. The van der Waals surface area contributed by atoms with Gasteiger partial charge in [-0.25, -0.2) is 9.38 Å². The molecule has 0 saturated carbocycles. The fourth-order valence-electron chi connectivity index (χ4n) is 2.32. The zero-order valence-electron chi connectivity index (χ0n) is 13.1. The van der Waals surface area contributed by atoms with E-state index in [2.05, 4.69) is 15.2 Å². The standard InChI is InChI=1S/C16H22FN5O/c17-15-10-13(11-18)2-3-14(15)12-21-16(19)20-4-1-5-22-6-8-23-9-7-22/h2-3,10H,1,4-9,12H2,(H3,19,20,21). The van der Waals surface area contributed by atoms with Crippen molar-refractivity contribution in [2.45, 2.75) is 13.0 Å². The zero-order chi connectivity index (χ0) is 16.5. The number of hydrogen-bond acceptors (Lipinski definition) is 4. The largest absolute Gasteiger partial charge is 0.379 e. The van der Waals surface area contributed by atoms with Crippen molar-refractivity contribution in [3.63, 3.8) is 0 Å². The number of nitrogens with two attached hydrogens (primary N) is 1. The second kappa shape index (κ2) is 9.08. The molecule has 7 heteroatoms. The molecule has 0 unspecified atom stereocenters. The van der Waals surface area contributed by atoms with Crippen molar-refractivity contribution in [3.05, 3.63) is 35.1 Å². The maximum Gasteiger partial charge on any atom is 0.188 e. The third-order valence-corrected chi connectivity index (χ3v) is 3.66. The van der Waals surface area contributed by atoms with E-state index in [0.717, 1.165) is 45.8 Å². The van der Waals surface area contributed by atoms with Gasteiger partial charge in [0.25, 0.3) is 0 Å². The van der Waals surface area contributed by atoms with Crippen LogP contribution in [0.25, 0.3) is 0 Å². The van der Waals surface area contributed by atoms with Crippen LogP contribution in [0.15, 0.2) is 23.2 Å². The molecule has 6 nitrogen and oxygen atoms in total. The van der Waals surface area contributed by atoms with Gasteiger partial charge < -0.3 is 15.8 Å². The van der Waals surface area contributed by atoms with Crippen molar-refractivity contribution in [1.82, 2.24) is 10.2 Å². The average Bonchev–Trinajstić information content (AvgIpc) is 2.58. The molecule has 1 aromatic carbocycles. The van der Waals surface area contributed by atoms with Crippen LogP contribution in [0.2, 0.25) is 0 Å². The van der Waals surface area contributed by atoms with Crippen LogP contribution >= 0.6 is 0 Å². The first-order chi connectivity index (χ1) is 11.2. The van der Waals surface area contributed by atoms with Crippen molar-refractivity contribution >= 4 is 5.96 Å². The van der Waals surface area contributed by atoms with E-state index in [4.69, 9.17) is 15.7 Å². The van der Waals surface area contributed by atoms with Crippen LogP contribution in [0.5, 0.6) is 0 Å². The highest BCUT2D eigenvalue weighted by Gasteiger charge is 2.09. The molecule has 1 fully saturated rings. The number of nitrogens with one attached hydrogen (secondary N) is 1. The molecule has 23 heavy (non-hydrogen) atoms. The average molecular weight is 319 g/mol. The summed E-state index contributed by atoms with van der Waals surface area (Å²) >= 11 is 0. The van der Waals surface area contributed by atoms with Crippen molar-refractivity contribution in [1.29, 1.82) is 5.26 Å². The number of nitrogens with zero attached hydrogens (tertiary/aromatic N) is 3. The third-order valence-electron chi connectivity index (χ3n) is 3.66. The highest BCUT2D eigenvalue weighted by Crippen LogP contribution is 2.10. The molecule has 1 aromatic rings. The molecule has 1 saturated heterocycles. The topological polar surface area (TPSA) is 86.7 Å². The van der Waals surface area contributed by atoms with Crippen LogP contribution in [0.1, 0.15) is 17.5 Å². The van der Waals surface area contributed by atoms with Gasteiger partial charge in [0.2, 0.25) is 0 Å². The molecule has 3 N–H and O–H groups in total. The van der Waals surface area contributed by atoms with Crippen LogP contribution < -0.4 is 11.1 Å². The molecule has 0 amide bonds. The molecular weight excluding hydrogens is 297 g/mol. The van der Waals surface area contributed by atoms with E-state index in [-0.39, 0.29) is 6.54 Å². The predicted molar refractivity (Wildman–Crippen MR) is 86.3 cm³/mol. The van der Waals surface area contributed by atoms with Crippen LogP contribution in [-0.2, 0) is 11.3 Å². The Bertz CT molecular complexity index is 578. The van der Waals surface area contributed by atoms with Gasteiger partial charge in [-0.1, -0.05) is 6.07 Å². The molecular formula is C16H22FN5O. The summed E-state index contributed by atoms with van der Waals surface area (Å²) in [6.07, 6.45) is 0.960. The minimum absolute atomic E-state index is 0.153. The SMILES string of the molecule is N#Cc1ccc(CN=C(N)NCCCN2CCOCC2)c(F)c1. The Morgan fingerprint density at radius 1 is 1.43 bits per heavy atom. The monoisotopic (exact) mass is 319 g/mol. The lowest BCUT2D eigenvalue weighted by molar-refractivity contribution is 0.0376. The number of halogens is 1. The Morgan fingerprint density at radius 3 is 2.91 bits per heavy atom. The highest BCUT2D eigenvalue weighted by atomic mass is 19.1. The predicted octanol–water partition coefficient (Wildman–Crippen LogP) is 0.824. The van der Waals surface area contributed by atoms with E-state index >= 15 is 0 Å². The summed E-state index contributed by atoms with van der Waals surface area (Å²) in [6, 6.07) is 6.23. The van der Waals surface area contributed by atoms with Crippen LogP contribution in [0.3, 0.4) is 0 Å². The van der Waals surface area contributed by atoms with Gasteiger partial charge in [0.05, 0.1) is 31.4 Å². The third kappa shape index (κ3) is 5.85. The van der Waals surface area contributed by atoms with E-state index in [9.17, 15) is 4.39 Å². The Kier molecular flexibility index (Phi) is 6.78. The number of nitriles is 1. The van der Waals surface area contributed by atoms with Gasteiger partial charge in [-0.2, -0.15) is 5.26 Å². The molecule has 0 atom stereocenters. The van der Waals surface area contributed by atoms with E-state index in [0.29, 0.717) is 17.1 Å². The number of hydrogen-bond donors (Lipinski definition) is 2. The summed E-state index contributed by atoms with van der Waals surface area (Å²) in [5.41, 5.74) is 6.49. The highest BCUT2D eigenvalue weighted by molar-refractivity contribution is 5.77. The molecule has 1 aliphatic heterocycles. The minimum Gasteiger partial charge on any atom is -0.379 e. The van der Waals surface area contributed by atoms with Gasteiger partial charge in [0.1, 0.15) is 5.82 Å². The zero-order valence-corrected chi connectivity index (χ0v) is 13.1. The van der Waals surface area contributed by atoms with Crippen molar-refractivity contribution in [3.8, 4) is 6.07 Å². The van der Waals surface area contributed by atoms with Crippen LogP contribution in [0.4, 0.5) is 4.39 Å². The van der Waals surface area contributed by atoms with Crippen molar-refractivity contribution in [2.75, 3.05) is 39.4 Å². The van der Waals surface area contributed by atoms with Gasteiger partial charge >= 0.3 is 0 Å². The minimum atomic E-state index is -0.437. The fraction of sp³-hybridized carbons (Fsp3) is 0.500. The summed E-state index contributed by atoms with van der Waals surface area (Å²) in [5.74, 6) is -0.136. The van der Waals surface area contributed by atoms with Crippen LogP contribution in [-0.4, -0.2) is 50.3 Å². The molecule has 1 heterocycles. The summed E-state index contributed by atoms with van der Waals surface area (Å²) in [5, 5.41) is 11.7. The Balaban J connectivity index is 1.69. The Morgan fingerprint density at radius 2 is 2.22 bits per heavy atom. The van der Waals surface area contributed by atoms with Crippen molar-refractivity contribution < 1.29 is 9.13 Å². The molecule has 1 aliphatic rings. The van der Waals surface area contributed by atoms with Gasteiger partial charge in [-0.15, -0.1) is 0 Å². The Hall–Kier alpha value is -2.17. The summed E-state index contributed by atoms with van der Waals surface area (Å²) in [7, 11) is 0. The smallest absolute Gasteiger partial charge is 0.188 e. The van der Waals surface area contributed by atoms with Gasteiger partial charge in [0, 0.05) is 25.2 Å². The molecule has 0 spiro atoms. The van der Waals surface area contributed by atoms with E-state index < -0.39 is 5.82 Å². The number of aliphatic imine (C=N–C) groups is 1. The molecule has 0 aliphatic carbocycles. The lowest BCUT2D eigenvalue weighted by atomic mass is 10.1. The summed E-state index contributed by atoms with van der Waals surface area (Å²) in [6.45, 7) is 5.42. The first-order valence-electron chi connectivity index (χ1n) is 7.71. The molecule has 124 valence electrons. The van der Waals surface area contributed by atoms with E-state index in [1.807, 2.05) is 6.07 Å². The first-order valence-corrected chi connectivity index (χ1v) is 7.71. The maximum atomic E-state index is 13.7. The van der Waals surface area contributed by atoms with Crippen molar-refractivity contribution in [2.24, 2.45) is 10.7 Å². The lowest BCUT2D eigenvalue weighted by Gasteiger charge is -2.26. The quantitative estimate of drug-likeness (QED) is 0.461. The van der Waals surface area contributed by atoms with Gasteiger partial charge in [-0.3, -0.25) is 4.90 Å². The lowest BCUT2D eigenvalue weighted by Crippen LogP contribution is -2.39. The first kappa shape index (κ1) is 17.2. The number of rotatable bonds is 6. The number of benzene rings is 1. The molecule has 0 radical (unpaired) electrons. The van der Waals surface area contributed by atoms with Gasteiger partial charge in [-0.05, 0) is 25.1 Å². The second-order valence-electron chi connectivity index (χ2n) is 5.35. The van der Waals surface area contributed by atoms with E-state index in [1.54, 1.807) is 12.1 Å². The molecule has 2 rings (SSSR count). The molecule has 0 bridgehead atoms. The maximum absolute atomic E-state index is 13.7. The van der Waals surface area contributed by atoms with E-state index in [1.165, 1.54) is 6.07 Å². The second-order valence-corrected chi connectivity index (χ2v) is 5.35. The summed E-state index contributed by atoms with van der Waals surface area (Å²) < 4.78 is 19.0. The fourth-order valence-corrected chi connectivity index (χ4v) is 2.32. The summed E-state index contributed by atoms with van der Waals surface area (Å²) in [4.78, 5) is 6.47. The van der Waals surface area contributed by atoms with Crippen LogP contribution in [0, 0.1) is 17.1 Å².